The summed E-state index contributed by atoms with van der Waals surface area (Å²) >= 11 is 0. The van der Waals surface area contributed by atoms with Gasteiger partial charge in [0.15, 0.2) is 0 Å². The molecule has 0 rings (SSSR count). The molecule has 0 aromatic carbocycles. The second kappa shape index (κ2) is 12.3. The lowest BCUT2D eigenvalue weighted by atomic mass is 10.2. The fraction of sp³-hybridized carbons (Fsp3) is 0.500. The number of ether oxygens (including phenoxy) is 2. The van der Waals surface area contributed by atoms with E-state index in [2.05, 4.69) is 26.3 Å². The average molecular weight is 250 g/mol. The van der Waals surface area contributed by atoms with E-state index in [0.717, 1.165) is 50.0 Å². The molecule has 0 aromatic heterocycles. The molecule has 0 heterocycles. The topological polar surface area (TPSA) is 18.5 Å². The van der Waals surface area contributed by atoms with Crippen molar-refractivity contribution >= 4 is 0 Å². The van der Waals surface area contributed by atoms with Gasteiger partial charge in [-0.05, 0) is 25.7 Å². The highest BCUT2D eigenvalue weighted by atomic mass is 16.5. The first-order valence-electron chi connectivity index (χ1n) is 6.46. The van der Waals surface area contributed by atoms with Crippen molar-refractivity contribution in [3.05, 3.63) is 49.6 Å². The molecule has 2 nitrogen and oxygen atoms in total. The summed E-state index contributed by atoms with van der Waals surface area (Å²) in [6.07, 6.45) is 7.47. The van der Waals surface area contributed by atoms with E-state index in [9.17, 15) is 0 Å². The summed E-state index contributed by atoms with van der Waals surface area (Å²) in [7, 11) is 0. The van der Waals surface area contributed by atoms with Gasteiger partial charge >= 0.3 is 0 Å². The molecule has 0 N–H and O–H groups in total. The molecule has 0 saturated carbocycles. The zero-order valence-corrected chi connectivity index (χ0v) is 11.5. The summed E-state index contributed by atoms with van der Waals surface area (Å²) in [4.78, 5) is 0. The van der Waals surface area contributed by atoms with Gasteiger partial charge < -0.3 is 9.47 Å². The molecule has 2 heteroatoms. The van der Waals surface area contributed by atoms with Crippen LogP contribution in [-0.4, -0.2) is 26.4 Å². The zero-order valence-electron chi connectivity index (χ0n) is 11.5. The quantitative estimate of drug-likeness (QED) is 0.362. The summed E-state index contributed by atoms with van der Waals surface area (Å²) in [5.41, 5.74) is 2.13. The van der Waals surface area contributed by atoms with Crippen molar-refractivity contribution in [3.63, 3.8) is 0 Å². The van der Waals surface area contributed by atoms with E-state index in [1.807, 2.05) is 0 Å². The molecule has 0 spiro atoms. The van der Waals surface area contributed by atoms with Crippen LogP contribution >= 0.6 is 0 Å². The van der Waals surface area contributed by atoms with Gasteiger partial charge in [-0.2, -0.15) is 0 Å². The molecule has 0 aliphatic heterocycles. The lowest BCUT2D eigenvalue weighted by molar-refractivity contribution is 0.0463. The van der Waals surface area contributed by atoms with Gasteiger partial charge in [0.25, 0.3) is 0 Å². The Kier molecular flexibility index (Phi) is 11.6. The SMILES string of the molecule is C=CC(=C)CCCOCCOCCCC(=C)C=C. The van der Waals surface area contributed by atoms with E-state index in [4.69, 9.17) is 9.47 Å². The van der Waals surface area contributed by atoms with Crippen LogP contribution in [0.5, 0.6) is 0 Å². The first-order valence-corrected chi connectivity index (χ1v) is 6.46. The lowest BCUT2D eigenvalue weighted by Crippen LogP contribution is -2.06. The van der Waals surface area contributed by atoms with Crippen LogP contribution in [0.4, 0.5) is 0 Å². The van der Waals surface area contributed by atoms with Crippen molar-refractivity contribution in [2.24, 2.45) is 0 Å². The molecule has 0 atom stereocenters. The monoisotopic (exact) mass is 250 g/mol. The third-order valence-electron chi connectivity index (χ3n) is 2.52. The van der Waals surface area contributed by atoms with E-state index in [1.54, 1.807) is 12.2 Å². The molecule has 0 amide bonds. The first kappa shape index (κ1) is 16.9. The Hall–Kier alpha value is -1.12. The molecule has 0 radical (unpaired) electrons. The molecule has 0 fully saturated rings. The van der Waals surface area contributed by atoms with Crippen molar-refractivity contribution in [1.82, 2.24) is 0 Å². The third-order valence-corrected chi connectivity index (χ3v) is 2.52. The maximum atomic E-state index is 5.44. The highest BCUT2D eigenvalue weighted by Gasteiger charge is 1.93. The van der Waals surface area contributed by atoms with Crippen LogP contribution in [0.2, 0.25) is 0 Å². The largest absolute Gasteiger partial charge is 0.379 e. The maximum absolute atomic E-state index is 5.44. The van der Waals surface area contributed by atoms with E-state index in [1.165, 1.54) is 0 Å². The van der Waals surface area contributed by atoms with Gasteiger partial charge in [0.1, 0.15) is 0 Å². The summed E-state index contributed by atoms with van der Waals surface area (Å²) in [6, 6.07) is 0. The summed E-state index contributed by atoms with van der Waals surface area (Å²) in [5, 5.41) is 0. The van der Waals surface area contributed by atoms with Crippen molar-refractivity contribution in [2.75, 3.05) is 26.4 Å². The second-order valence-electron chi connectivity index (χ2n) is 4.16. The van der Waals surface area contributed by atoms with Gasteiger partial charge in [-0.15, -0.1) is 0 Å². The minimum absolute atomic E-state index is 0.656. The van der Waals surface area contributed by atoms with Gasteiger partial charge in [-0.3, -0.25) is 0 Å². The predicted octanol–water partition coefficient (Wildman–Crippen LogP) is 4.06. The Morgan fingerprint density at radius 3 is 1.44 bits per heavy atom. The van der Waals surface area contributed by atoms with Crippen LogP contribution in [0.3, 0.4) is 0 Å². The molecule has 18 heavy (non-hydrogen) atoms. The van der Waals surface area contributed by atoms with E-state index in [-0.39, 0.29) is 0 Å². The van der Waals surface area contributed by atoms with Crippen molar-refractivity contribution in [3.8, 4) is 0 Å². The molecule has 0 aromatic rings. The van der Waals surface area contributed by atoms with Gasteiger partial charge in [-0.25, -0.2) is 0 Å². The summed E-state index contributed by atoms with van der Waals surface area (Å²) < 4.78 is 10.9. The minimum atomic E-state index is 0.656. The number of hydrogen-bond donors (Lipinski definition) is 0. The highest BCUT2D eigenvalue weighted by Crippen LogP contribution is 2.03. The smallest absolute Gasteiger partial charge is 0.0700 e. The lowest BCUT2D eigenvalue weighted by Gasteiger charge is -2.06. The molecular weight excluding hydrogens is 224 g/mol. The van der Waals surface area contributed by atoms with Crippen LogP contribution < -0.4 is 0 Å². The van der Waals surface area contributed by atoms with Gasteiger partial charge in [0.05, 0.1) is 13.2 Å². The fourth-order valence-electron chi connectivity index (χ4n) is 1.33. The molecular formula is C16H26O2. The van der Waals surface area contributed by atoms with E-state index >= 15 is 0 Å². The van der Waals surface area contributed by atoms with Crippen molar-refractivity contribution in [2.45, 2.75) is 25.7 Å². The summed E-state index contributed by atoms with van der Waals surface area (Å²) in [6.45, 7) is 17.8. The van der Waals surface area contributed by atoms with Crippen molar-refractivity contribution < 1.29 is 9.47 Å². The Bertz CT molecular complexity index is 238. The van der Waals surface area contributed by atoms with Crippen LogP contribution in [0.25, 0.3) is 0 Å². The number of allylic oxidation sites excluding steroid dienone is 4. The van der Waals surface area contributed by atoms with Gasteiger partial charge in [-0.1, -0.05) is 49.6 Å². The van der Waals surface area contributed by atoms with Gasteiger partial charge in [0, 0.05) is 13.2 Å². The van der Waals surface area contributed by atoms with Gasteiger partial charge in [0.2, 0.25) is 0 Å². The molecule has 0 aliphatic carbocycles. The number of rotatable bonds is 13. The highest BCUT2D eigenvalue weighted by molar-refractivity contribution is 5.10. The molecule has 0 unspecified atom stereocenters. The zero-order chi connectivity index (χ0) is 13.6. The van der Waals surface area contributed by atoms with Crippen LogP contribution in [0, 0.1) is 0 Å². The normalized spacial score (nSPS) is 10.0. The standard InChI is InChI=1S/C16H26O2/c1-5-15(3)9-7-11-17-13-14-18-12-8-10-16(4)6-2/h5-6H,1-4,7-14H2. The first-order chi connectivity index (χ1) is 8.70. The third kappa shape index (κ3) is 11.4. The van der Waals surface area contributed by atoms with Crippen LogP contribution in [0.15, 0.2) is 49.6 Å². The minimum Gasteiger partial charge on any atom is -0.379 e. The maximum Gasteiger partial charge on any atom is 0.0700 e. The molecule has 0 aliphatic rings. The van der Waals surface area contributed by atoms with Crippen LogP contribution in [0.1, 0.15) is 25.7 Å². The average Bonchev–Trinajstić information content (AvgIpc) is 2.40. The molecule has 0 saturated heterocycles. The molecule has 102 valence electrons. The molecule has 0 bridgehead atoms. The Labute approximate surface area is 112 Å². The Balaban J connectivity index is 3.12. The second-order valence-corrected chi connectivity index (χ2v) is 4.16. The van der Waals surface area contributed by atoms with Crippen LogP contribution in [-0.2, 0) is 9.47 Å². The summed E-state index contributed by atoms with van der Waals surface area (Å²) in [5.74, 6) is 0. The van der Waals surface area contributed by atoms with E-state index in [0.29, 0.717) is 13.2 Å². The Morgan fingerprint density at radius 2 is 1.11 bits per heavy atom. The Morgan fingerprint density at radius 1 is 0.722 bits per heavy atom. The van der Waals surface area contributed by atoms with Crippen molar-refractivity contribution in [1.29, 1.82) is 0 Å². The fourth-order valence-corrected chi connectivity index (χ4v) is 1.33. The predicted molar refractivity (Wildman–Crippen MR) is 78.8 cm³/mol. The van der Waals surface area contributed by atoms with E-state index < -0.39 is 0 Å². The number of hydrogen-bond acceptors (Lipinski definition) is 2.